The number of aromatic nitrogens is 1. The van der Waals surface area contributed by atoms with Gasteiger partial charge in [0.15, 0.2) is 0 Å². The average molecular weight is 653 g/mol. The number of azo groups is 1. The maximum atomic E-state index is 5.77. The smallest absolute Gasteiger partial charge is 0.230 e. The van der Waals surface area contributed by atoms with Gasteiger partial charge in [0.2, 0.25) is 5.13 Å². The van der Waals surface area contributed by atoms with E-state index in [1.807, 2.05) is 54.8 Å². The van der Waals surface area contributed by atoms with Gasteiger partial charge in [0.1, 0.15) is 10.8 Å². The van der Waals surface area contributed by atoms with E-state index in [0.29, 0.717) is 5.13 Å². The number of thiazole rings is 1. The fourth-order valence-electron chi connectivity index (χ4n) is 5.10. The van der Waals surface area contributed by atoms with Gasteiger partial charge in [-0.05, 0) is 117 Å². The Hall–Kier alpha value is -4.61. The summed E-state index contributed by atoms with van der Waals surface area (Å²) < 4.78 is 5.77. The second kappa shape index (κ2) is 15.1. The molecule has 0 amide bonds. The van der Waals surface area contributed by atoms with E-state index in [1.54, 1.807) is 11.3 Å². The van der Waals surface area contributed by atoms with Crippen LogP contribution in [0.5, 0.6) is 5.75 Å². The number of benzene rings is 3. The van der Waals surface area contributed by atoms with E-state index >= 15 is 0 Å². The highest BCUT2D eigenvalue weighted by Crippen LogP contribution is 2.33. The summed E-state index contributed by atoms with van der Waals surface area (Å²) >= 11 is 3.25. The number of aryl methyl sites for hydroxylation is 2. The van der Waals surface area contributed by atoms with Crippen LogP contribution in [-0.2, 0) is 0 Å². The standard InChI is InChI=1S/C35H40N8OS2/c1-4-5-20-44-29-12-8-26(9-13-29)32-23-45-35(36-32)42-40-31-15-10-27(21-25(31)3)37-39-30-14-11-28(22-24(30)2)38-41-33-16-17-34(46-33)43-18-6-7-19-43/h8-17,21-23,37-39,41H,4-7,18-20H2,1-3H3. The number of unbranched alkanes of at least 4 members (excludes halogenated alkanes) is 1. The number of hydrogen-bond acceptors (Lipinski definition) is 11. The molecule has 0 aliphatic carbocycles. The van der Waals surface area contributed by atoms with Crippen LogP contribution in [0, 0.1) is 13.8 Å². The summed E-state index contributed by atoms with van der Waals surface area (Å²) in [5.74, 6) is 0.880. The monoisotopic (exact) mass is 652 g/mol. The van der Waals surface area contributed by atoms with Crippen molar-refractivity contribution in [3.8, 4) is 17.0 Å². The molecule has 11 heteroatoms. The number of anilines is 5. The quantitative estimate of drug-likeness (QED) is 0.0538. The van der Waals surface area contributed by atoms with Crippen molar-refractivity contribution < 1.29 is 4.74 Å². The first-order valence-electron chi connectivity index (χ1n) is 15.7. The topological polar surface area (TPSA) is 98.2 Å². The van der Waals surface area contributed by atoms with E-state index in [-0.39, 0.29) is 0 Å². The molecule has 1 aliphatic rings. The molecule has 4 N–H and O–H groups in total. The van der Waals surface area contributed by atoms with Crippen LogP contribution in [0.25, 0.3) is 11.3 Å². The van der Waals surface area contributed by atoms with Gasteiger partial charge in [-0.2, -0.15) is 0 Å². The minimum atomic E-state index is 0.618. The number of thiophene rings is 1. The third-order valence-electron chi connectivity index (χ3n) is 7.76. The molecular weight excluding hydrogens is 613 g/mol. The molecule has 0 atom stereocenters. The van der Waals surface area contributed by atoms with Crippen LogP contribution in [-0.4, -0.2) is 24.7 Å². The Morgan fingerprint density at radius 3 is 2.35 bits per heavy atom. The molecule has 3 aromatic carbocycles. The maximum absolute atomic E-state index is 5.77. The van der Waals surface area contributed by atoms with Crippen LogP contribution >= 0.6 is 22.7 Å². The summed E-state index contributed by atoms with van der Waals surface area (Å²) in [7, 11) is 0. The predicted octanol–water partition coefficient (Wildman–Crippen LogP) is 10.6. The van der Waals surface area contributed by atoms with Gasteiger partial charge in [0.25, 0.3) is 0 Å². The molecule has 1 fully saturated rings. The minimum absolute atomic E-state index is 0.618. The number of ether oxygens (including phenoxy) is 1. The largest absolute Gasteiger partial charge is 0.494 e. The summed E-state index contributed by atoms with van der Waals surface area (Å²) in [5, 5.41) is 13.9. The second-order valence-corrected chi connectivity index (χ2v) is 13.2. The highest BCUT2D eigenvalue weighted by atomic mass is 32.1. The van der Waals surface area contributed by atoms with Gasteiger partial charge in [-0.25, -0.2) is 4.98 Å². The van der Waals surface area contributed by atoms with Gasteiger partial charge in [0, 0.05) is 24.0 Å². The number of hydrazine groups is 2. The average Bonchev–Trinajstić information content (AvgIpc) is 3.86. The van der Waals surface area contributed by atoms with E-state index < -0.39 is 0 Å². The Balaban J connectivity index is 0.993. The molecule has 0 spiro atoms. The number of nitrogens with one attached hydrogen (secondary N) is 4. The zero-order valence-corrected chi connectivity index (χ0v) is 28.1. The predicted molar refractivity (Wildman–Crippen MR) is 195 cm³/mol. The molecule has 2 aromatic heterocycles. The Morgan fingerprint density at radius 2 is 1.59 bits per heavy atom. The molecule has 5 aromatic rings. The lowest BCUT2D eigenvalue weighted by Crippen LogP contribution is -2.15. The second-order valence-electron chi connectivity index (χ2n) is 11.3. The van der Waals surface area contributed by atoms with Crippen molar-refractivity contribution in [2.45, 2.75) is 46.5 Å². The SMILES string of the molecule is CCCCOc1ccc(-c2csc(N=Nc3ccc(NNc4ccc(NNc5ccc(N6CCCC6)s5)cc4C)cc3C)n2)cc1. The molecule has 238 valence electrons. The van der Waals surface area contributed by atoms with Gasteiger partial charge < -0.3 is 25.9 Å². The maximum Gasteiger partial charge on any atom is 0.230 e. The lowest BCUT2D eigenvalue weighted by molar-refractivity contribution is 0.309. The van der Waals surface area contributed by atoms with Crippen LogP contribution in [0.15, 0.2) is 88.4 Å². The fourth-order valence-corrected chi connectivity index (χ4v) is 6.65. The molecule has 0 bridgehead atoms. The molecule has 0 radical (unpaired) electrons. The number of nitrogens with zero attached hydrogens (tertiary/aromatic N) is 4. The van der Waals surface area contributed by atoms with Crippen molar-refractivity contribution in [3.05, 3.63) is 89.3 Å². The Bertz CT molecular complexity index is 1760. The summed E-state index contributed by atoms with van der Waals surface area (Å²) in [4.78, 5) is 7.11. The summed E-state index contributed by atoms with van der Waals surface area (Å²) in [6.45, 7) is 9.32. The lowest BCUT2D eigenvalue weighted by atomic mass is 10.2. The normalized spacial score (nSPS) is 12.9. The Labute approximate surface area is 278 Å². The van der Waals surface area contributed by atoms with Crippen LogP contribution in [0.3, 0.4) is 0 Å². The first-order valence-corrected chi connectivity index (χ1v) is 17.4. The van der Waals surface area contributed by atoms with Crippen LogP contribution in [0.1, 0.15) is 43.7 Å². The third kappa shape index (κ3) is 8.15. The Morgan fingerprint density at radius 1 is 0.826 bits per heavy atom. The summed E-state index contributed by atoms with van der Waals surface area (Å²) in [6.07, 6.45) is 4.74. The van der Waals surface area contributed by atoms with Crippen molar-refractivity contribution >= 4 is 60.6 Å². The summed E-state index contributed by atoms with van der Waals surface area (Å²) in [5.41, 5.74) is 21.1. The molecule has 1 aliphatic heterocycles. The number of rotatable bonds is 14. The minimum Gasteiger partial charge on any atom is -0.494 e. The highest BCUT2D eigenvalue weighted by Gasteiger charge is 2.14. The molecule has 9 nitrogen and oxygen atoms in total. The van der Waals surface area contributed by atoms with E-state index in [1.165, 1.54) is 29.2 Å². The van der Waals surface area contributed by atoms with Crippen molar-refractivity contribution in [2.24, 2.45) is 10.2 Å². The van der Waals surface area contributed by atoms with E-state index in [9.17, 15) is 0 Å². The highest BCUT2D eigenvalue weighted by molar-refractivity contribution is 7.20. The molecule has 0 saturated carbocycles. The van der Waals surface area contributed by atoms with Gasteiger partial charge >= 0.3 is 0 Å². The van der Waals surface area contributed by atoms with Crippen LogP contribution in [0.2, 0.25) is 0 Å². The van der Waals surface area contributed by atoms with Gasteiger partial charge in [-0.15, -0.1) is 21.6 Å². The molecule has 1 saturated heterocycles. The van der Waals surface area contributed by atoms with Crippen molar-refractivity contribution in [3.63, 3.8) is 0 Å². The first kappa shape index (κ1) is 31.4. The van der Waals surface area contributed by atoms with Crippen molar-refractivity contribution in [1.82, 2.24) is 4.98 Å². The van der Waals surface area contributed by atoms with E-state index in [0.717, 1.165) is 88.4 Å². The molecule has 0 unspecified atom stereocenters. The van der Waals surface area contributed by atoms with Crippen LogP contribution < -0.4 is 31.3 Å². The molecule has 46 heavy (non-hydrogen) atoms. The van der Waals surface area contributed by atoms with Gasteiger partial charge in [-0.1, -0.05) is 24.7 Å². The zero-order valence-electron chi connectivity index (χ0n) is 26.5. The lowest BCUT2D eigenvalue weighted by Gasteiger charge is -2.15. The number of hydrogen-bond donors (Lipinski definition) is 4. The Kier molecular flexibility index (Phi) is 10.3. The third-order valence-corrected chi connectivity index (χ3v) is 9.54. The molecule has 3 heterocycles. The first-order chi connectivity index (χ1) is 22.5. The van der Waals surface area contributed by atoms with Gasteiger partial charge in [0.05, 0.1) is 40.1 Å². The summed E-state index contributed by atoms with van der Waals surface area (Å²) in [6, 6.07) is 24.6. The molecule has 6 rings (SSSR count). The molecular formula is C35H40N8OS2. The van der Waals surface area contributed by atoms with Crippen molar-refractivity contribution in [2.75, 3.05) is 46.3 Å². The van der Waals surface area contributed by atoms with Gasteiger partial charge in [-0.3, -0.25) is 5.43 Å². The zero-order chi connectivity index (χ0) is 31.7. The van der Waals surface area contributed by atoms with E-state index in [2.05, 4.69) is 86.0 Å². The van der Waals surface area contributed by atoms with E-state index in [4.69, 9.17) is 4.74 Å². The van der Waals surface area contributed by atoms with Crippen molar-refractivity contribution in [1.29, 1.82) is 0 Å². The van der Waals surface area contributed by atoms with Crippen LogP contribution in [0.4, 0.5) is 37.9 Å². The fraction of sp³-hybridized carbons (Fsp3) is 0.286.